The minimum Gasteiger partial charge on any atom is -0.373 e. The van der Waals surface area contributed by atoms with Crippen LogP contribution in [0.5, 0.6) is 0 Å². The maximum Gasteiger partial charge on any atom is 0.238 e. The number of morpholine rings is 1. The Hall–Kier alpha value is -1.99. The van der Waals surface area contributed by atoms with Gasteiger partial charge in [0.1, 0.15) is 5.52 Å². The Morgan fingerprint density at radius 1 is 1.33 bits per heavy atom. The SMILES string of the molecule is C[C@@H]1CN(CC(=O)Nc2cccc3nonc23)C[C@H](C)O1. The lowest BCUT2D eigenvalue weighted by Crippen LogP contribution is -2.48. The minimum absolute atomic E-state index is 0.0770. The molecule has 21 heavy (non-hydrogen) atoms. The Balaban J connectivity index is 1.65. The summed E-state index contributed by atoms with van der Waals surface area (Å²) in [4.78, 5) is 14.3. The molecule has 112 valence electrons. The van der Waals surface area contributed by atoms with Crippen LogP contribution in [0.15, 0.2) is 22.8 Å². The number of ether oxygens (including phenoxy) is 1. The fourth-order valence-corrected chi connectivity index (χ4v) is 2.71. The van der Waals surface area contributed by atoms with Crippen LogP contribution in [-0.4, -0.2) is 53.0 Å². The number of fused-ring (bicyclic) bond motifs is 1. The summed E-state index contributed by atoms with van der Waals surface area (Å²) in [6, 6.07) is 5.38. The maximum absolute atomic E-state index is 12.2. The van der Waals surface area contributed by atoms with E-state index < -0.39 is 0 Å². The number of carbonyl (C=O) groups excluding carboxylic acids is 1. The number of nitrogens with one attached hydrogen (secondary N) is 1. The maximum atomic E-state index is 12.2. The number of amides is 1. The summed E-state index contributed by atoms with van der Waals surface area (Å²) in [5.74, 6) is -0.0770. The van der Waals surface area contributed by atoms with E-state index in [0.717, 1.165) is 13.1 Å². The van der Waals surface area contributed by atoms with Crippen LogP contribution in [0, 0.1) is 0 Å². The summed E-state index contributed by atoms with van der Waals surface area (Å²) in [7, 11) is 0. The molecule has 0 unspecified atom stereocenters. The molecule has 2 aromatic rings. The van der Waals surface area contributed by atoms with Gasteiger partial charge in [-0.25, -0.2) is 4.63 Å². The van der Waals surface area contributed by atoms with Crippen LogP contribution >= 0.6 is 0 Å². The molecular formula is C14H18N4O3. The molecule has 1 fully saturated rings. The summed E-state index contributed by atoms with van der Waals surface area (Å²) in [6.07, 6.45) is 0.287. The highest BCUT2D eigenvalue weighted by atomic mass is 16.6. The average molecular weight is 290 g/mol. The number of rotatable bonds is 3. The van der Waals surface area contributed by atoms with Crippen LogP contribution in [-0.2, 0) is 9.53 Å². The Kier molecular flexibility index (Phi) is 3.85. The summed E-state index contributed by atoms with van der Waals surface area (Å²) >= 11 is 0. The molecule has 3 rings (SSSR count). The van der Waals surface area contributed by atoms with Crippen molar-refractivity contribution < 1.29 is 14.2 Å². The lowest BCUT2D eigenvalue weighted by atomic mass is 10.2. The molecule has 7 nitrogen and oxygen atoms in total. The Morgan fingerprint density at radius 2 is 2.10 bits per heavy atom. The molecule has 1 aromatic heterocycles. The van der Waals surface area contributed by atoms with Crippen molar-refractivity contribution in [1.29, 1.82) is 0 Å². The lowest BCUT2D eigenvalue weighted by molar-refractivity contribution is -0.121. The highest BCUT2D eigenvalue weighted by Crippen LogP contribution is 2.19. The fraction of sp³-hybridized carbons (Fsp3) is 0.500. The Bertz CT molecular complexity index is 632. The second-order valence-electron chi connectivity index (χ2n) is 5.44. The predicted molar refractivity (Wildman–Crippen MR) is 76.9 cm³/mol. The van der Waals surface area contributed by atoms with Gasteiger partial charge in [-0.2, -0.15) is 0 Å². The first-order valence-corrected chi connectivity index (χ1v) is 7.01. The molecule has 0 bridgehead atoms. The zero-order valence-corrected chi connectivity index (χ0v) is 12.1. The van der Waals surface area contributed by atoms with Gasteiger partial charge in [0.25, 0.3) is 0 Å². The van der Waals surface area contributed by atoms with E-state index in [9.17, 15) is 4.79 Å². The molecule has 0 spiro atoms. The third-order valence-electron chi connectivity index (χ3n) is 3.42. The summed E-state index contributed by atoms with van der Waals surface area (Å²) in [5, 5.41) is 10.4. The van der Waals surface area contributed by atoms with Crippen LogP contribution < -0.4 is 5.32 Å². The molecule has 0 radical (unpaired) electrons. The standard InChI is InChI=1S/C14H18N4O3/c1-9-6-18(7-10(2)20-9)8-13(19)15-11-4-3-5-12-14(11)17-21-16-12/h3-5,9-10H,6-8H2,1-2H3,(H,15,19)/t9-,10+. The second kappa shape index (κ2) is 5.79. The molecule has 2 atom stereocenters. The molecule has 0 saturated carbocycles. The van der Waals surface area contributed by atoms with Crippen molar-refractivity contribution in [3.05, 3.63) is 18.2 Å². The first-order valence-electron chi connectivity index (χ1n) is 7.01. The number of hydrogen-bond donors (Lipinski definition) is 1. The number of hydrogen-bond acceptors (Lipinski definition) is 6. The minimum atomic E-state index is -0.0770. The Labute approximate surface area is 122 Å². The Morgan fingerprint density at radius 3 is 2.86 bits per heavy atom. The number of aromatic nitrogens is 2. The highest BCUT2D eigenvalue weighted by molar-refractivity contribution is 5.99. The summed E-state index contributed by atoms with van der Waals surface area (Å²) in [5.41, 5.74) is 1.81. The van der Waals surface area contributed by atoms with Crippen molar-refractivity contribution in [3.8, 4) is 0 Å². The quantitative estimate of drug-likeness (QED) is 0.917. The van der Waals surface area contributed by atoms with E-state index in [4.69, 9.17) is 4.74 Å². The van der Waals surface area contributed by atoms with Crippen molar-refractivity contribution in [2.45, 2.75) is 26.1 Å². The first kappa shape index (κ1) is 14.0. The van der Waals surface area contributed by atoms with Gasteiger partial charge in [-0.05, 0) is 36.3 Å². The van der Waals surface area contributed by atoms with E-state index in [2.05, 4.69) is 25.2 Å². The van der Waals surface area contributed by atoms with Gasteiger partial charge >= 0.3 is 0 Å². The average Bonchev–Trinajstić information content (AvgIpc) is 2.86. The molecule has 1 amide bonds. The zero-order chi connectivity index (χ0) is 14.8. The largest absolute Gasteiger partial charge is 0.373 e. The van der Waals surface area contributed by atoms with E-state index in [-0.39, 0.29) is 18.1 Å². The molecule has 1 N–H and O–H groups in total. The van der Waals surface area contributed by atoms with Gasteiger partial charge in [0.05, 0.1) is 24.4 Å². The van der Waals surface area contributed by atoms with Crippen LogP contribution in [0.2, 0.25) is 0 Å². The van der Waals surface area contributed by atoms with E-state index in [1.807, 2.05) is 13.8 Å². The summed E-state index contributed by atoms with van der Waals surface area (Å²) < 4.78 is 10.3. The van der Waals surface area contributed by atoms with Gasteiger partial charge in [-0.3, -0.25) is 9.69 Å². The van der Waals surface area contributed by atoms with Crippen molar-refractivity contribution in [1.82, 2.24) is 15.2 Å². The molecule has 2 heterocycles. The van der Waals surface area contributed by atoms with E-state index in [1.54, 1.807) is 18.2 Å². The molecule has 1 aromatic carbocycles. The predicted octanol–water partition coefficient (Wildman–Crippen LogP) is 1.27. The third kappa shape index (κ3) is 3.20. The van der Waals surface area contributed by atoms with E-state index in [0.29, 0.717) is 23.3 Å². The molecule has 1 aliphatic heterocycles. The zero-order valence-electron chi connectivity index (χ0n) is 12.1. The normalized spacial score (nSPS) is 23.3. The lowest BCUT2D eigenvalue weighted by Gasteiger charge is -2.34. The molecule has 7 heteroatoms. The van der Waals surface area contributed by atoms with Gasteiger partial charge < -0.3 is 10.1 Å². The van der Waals surface area contributed by atoms with Crippen LogP contribution in [0.3, 0.4) is 0 Å². The van der Waals surface area contributed by atoms with Gasteiger partial charge in [0, 0.05) is 13.1 Å². The van der Waals surface area contributed by atoms with Gasteiger partial charge in [0.15, 0.2) is 5.52 Å². The first-order chi connectivity index (χ1) is 10.1. The van der Waals surface area contributed by atoms with Crippen LogP contribution in [0.25, 0.3) is 11.0 Å². The van der Waals surface area contributed by atoms with Crippen LogP contribution in [0.1, 0.15) is 13.8 Å². The van der Waals surface area contributed by atoms with Gasteiger partial charge in [0.2, 0.25) is 5.91 Å². The van der Waals surface area contributed by atoms with Crippen molar-refractivity contribution >= 4 is 22.6 Å². The van der Waals surface area contributed by atoms with E-state index >= 15 is 0 Å². The highest BCUT2D eigenvalue weighted by Gasteiger charge is 2.23. The number of carbonyl (C=O) groups is 1. The second-order valence-corrected chi connectivity index (χ2v) is 5.44. The molecule has 1 saturated heterocycles. The van der Waals surface area contributed by atoms with Crippen molar-refractivity contribution in [2.24, 2.45) is 0 Å². The monoisotopic (exact) mass is 290 g/mol. The molecule has 1 aliphatic rings. The van der Waals surface area contributed by atoms with Gasteiger partial charge in [-0.1, -0.05) is 6.07 Å². The number of nitrogens with zero attached hydrogens (tertiary/aromatic N) is 3. The van der Waals surface area contributed by atoms with Crippen molar-refractivity contribution in [3.63, 3.8) is 0 Å². The summed E-state index contributed by atoms with van der Waals surface area (Å²) in [6.45, 7) is 5.88. The van der Waals surface area contributed by atoms with Crippen molar-refractivity contribution in [2.75, 3.05) is 25.0 Å². The fourth-order valence-electron chi connectivity index (χ4n) is 2.71. The third-order valence-corrected chi connectivity index (χ3v) is 3.42. The number of benzene rings is 1. The van der Waals surface area contributed by atoms with E-state index in [1.165, 1.54) is 0 Å². The molecular weight excluding hydrogens is 272 g/mol. The van der Waals surface area contributed by atoms with Gasteiger partial charge in [-0.15, -0.1) is 0 Å². The number of anilines is 1. The smallest absolute Gasteiger partial charge is 0.238 e. The van der Waals surface area contributed by atoms with Crippen LogP contribution in [0.4, 0.5) is 5.69 Å². The molecule has 0 aliphatic carbocycles. The topological polar surface area (TPSA) is 80.5 Å².